The standard InChI is InChI=1S/C21H27N3O3S/c1-28(25,26)18-7-5-6-17(15-18)27-13-9-16-14-19(16)20-8-10-22-21(23-20)24-11-3-2-4-12-24/h5-8,10,15-16,19H,2-4,9,11-14H2,1H3. The number of ether oxygens (including phenoxy) is 1. The van der Waals surface area contributed by atoms with E-state index in [-0.39, 0.29) is 0 Å². The molecule has 2 atom stereocenters. The summed E-state index contributed by atoms with van der Waals surface area (Å²) < 4.78 is 29.1. The van der Waals surface area contributed by atoms with Crippen LogP contribution in [0.25, 0.3) is 0 Å². The minimum absolute atomic E-state index is 0.292. The molecule has 0 N–H and O–H groups in total. The Morgan fingerprint density at radius 2 is 2.00 bits per heavy atom. The van der Waals surface area contributed by atoms with Crippen molar-refractivity contribution < 1.29 is 13.2 Å². The highest BCUT2D eigenvalue weighted by Gasteiger charge is 2.39. The van der Waals surface area contributed by atoms with Crippen LogP contribution in [0.1, 0.15) is 43.7 Å². The van der Waals surface area contributed by atoms with Crippen molar-refractivity contribution >= 4 is 15.8 Å². The molecule has 1 saturated heterocycles. The summed E-state index contributed by atoms with van der Waals surface area (Å²) >= 11 is 0. The maximum atomic E-state index is 11.6. The van der Waals surface area contributed by atoms with Gasteiger partial charge in [-0.2, -0.15) is 0 Å². The number of benzene rings is 1. The predicted molar refractivity (Wildman–Crippen MR) is 109 cm³/mol. The van der Waals surface area contributed by atoms with E-state index < -0.39 is 9.84 Å². The molecule has 2 aromatic rings. The third-order valence-electron chi connectivity index (χ3n) is 5.60. The minimum Gasteiger partial charge on any atom is -0.494 e. The summed E-state index contributed by atoms with van der Waals surface area (Å²) in [6.07, 6.45) is 8.90. The van der Waals surface area contributed by atoms with Gasteiger partial charge in [-0.15, -0.1) is 0 Å². The molecule has 2 unspecified atom stereocenters. The van der Waals surface area contributed by atoms with Gasteiger partial charge in [0.25, 0.3) is 0 Å². The van der Waals surface area contributed by atoms with Crippen molar-refractivity contribution in [3.63, 3.8) is 0 Å². The molecular formula is C21H27N3O3S. The number of rotatable bonds is 7. The van der Waals surface area contributed by atoms with Gasteiger partial charge >= 0.3 is 0 Å². The first-order chi connectivity index (χ1) is 13.5. The molecular weight excluding hydrogens is 374 g/mol. The van der Waals surface area contributed by atoms with Gasteiger partial charge in [-0.1, -0.05) is 6.07 Å². The van der Waals surface area contributed by atoms with Crippen molar-refractivity contribution in [3.8, 4) is 5.75 Å². The van der Waals surface area contributed by atoms with E-state index >= 15 is 0 Å². The van der Waals surface area contributed by atoms with Crippen LogP contribution < -0.4 is 9.64 Å². The molecule has 0 spiro atoms. The molecule has 0 radical (unpaired) electrons. The van der Waals surface area contributed by atoms with E-state index in [0.717, 1.165) is 37.6 Å². The molecule has 1 aromatic carbocycles. The summed E-state index contributed by atoms with van der Waals surface area (Å²) in [5.74, 6) is 2.53. The van der Waals surface area contributed by atoms with Gasteiger partial charge < -0.3 is 9.64 Å². The normalized spacial score (nSPS) is 22.1. The van der Waals surface area contributed by atoms with E-state index in [1.54, 1.807) is 24.3 Å². The summed E-state index contributed by atoms with van der Waals surface area (Å²) in [4.78, 5) is 11.9. The first kappa shape index (κ1) is 19.2. The molecule has 1 aromatic heterocycles. The van der Waals surface area contributed by atoms with Gasteiger partial charge in [0.05, 0.1) is 11.5 Å². The smallest absolute Gasteiger partial charge is 0.225 e. The number of sulfone groups is 1. The zero-order valence-electron chi connectivity index (χ0n) is 16.3. The Balaban J connectivity index is 1.30. The lowest BCUT2D eigenvalue weighted by Gasteiger charge is -2.26. The van der Waals surface area contributed by atoms with E-state index in [1.807, 2.05) is 12.3 Å². The average molecular weight is 402 g/mol. The Bertz CT molecular complexity index is 926. The molecule has 150 valence electrons. The van der Waals surface area contributed by atoms with Crippen LogP contribution in [0.3, 0.4) is 0 Å². The Morgan fingerprint density at radius 1 is 1.18 bits per heavy atom. The van der Waals surface area contributed by atoms with Gasteiger partial charge in [0, 0.05) is 37.2 Å². The van der Waals surface area contributed by atoms with E-state index in [0.29, 0.717) is 29.1 Å². The lowest BCUT2D eigenvalue weighted by atomic mass is 10.1. The molecule has 1 saturated carbocycles. The number of aromatic nitrogens is 2. The Kier molecular flexibility index (Phi) is 5.53. The highest BCUT2D eigenvalue weighted by Crippen LogP contribution is 2.49. The van der Waals surface area contributed by atoms with Crippen LogP contribution >= 0.6 is 0 Å². The van der Waals surface area contributed by atoms with E-state index in [9.17, 15) is 8.42 Å². The number of nitrogens with zero attached hydrogens (tertiary/aromatic N) is 3. The monoisotopic (exact) mass is 401 g/mol. The van der Waals surface area contributed by atoms with Crippen molar-refractivity contribution in [2.24, 2.45) is 5.92 Å². The van der Waals surface area contributed by atoms with Gasteiger partial charge in [0.15, 0.2) is 9.84 Å². The number of anilines is 1. The van der Waals surface area contributed by atoms with Gasteiger partial charge in [-0.3, -0.25) is 0 Å². The summed E-state index contributed by atoms with van der Waals surface area (Å²) in [5, 5.41) is 0. The fourth-order valence-electron chi connectivity index (χ4n) is 3.87. The van der Waals surface area contributed by atoms with E-state index in [4.69, 9.17) is 9.72 Å². The Labute approximate surface area is 166 Å². The second kappa shape index (κ2) is 8.07. The zero-order valence-corrected chi connectivity index (χ0v) is 17.1. The molecule has 0 amide bonds. The lowest BCUT2D eigenvalue weighted by Crippen LogP contribution is -2.31. The molecule has 4 rings (SSSR count). The topological polar surface area (TPSA) is 72.4 Å². The van der Waals surface area contributed by atoms with Crippen molar-refractivity contribution in [2.75, 3.05) is 30.9 Å². The van der Waals surface area contributed by atoms with Gasteiger partial charge in [0.1, 0.15) is 5.75 Å². The molecule has 28 heavy (non-hydrogen) atoms. The molecule has 2 fully saturated rings. The molecule has 6 nitrogen and oxygen atoms in total. The number of piperidine rings is 1. The van der Waals surface area contributed by atoms with E-state index in [1.165, 1.54) is 25.5 Å². The first-order valence-corrected chi connectivity index (χ1v) is 11.9. The SMILES string of the molecule is CS(=O)(=O)c1cccc(OCCC2CC2c2ccnc(N3CCCCC3)n2)c1. The van der Waals surface area contributed by atoms with Gasteiger partial charge in [0.2, 0.25) is 5.95 Å². The van der Waals surface area contributed by atoms with Crippen LogP contribution in [0.2, 0.25) is 0 Å². The second-order valence-electron chi connectivity index (χ2n) is 7.82. The maximum absolute atomic E-state index is 11.6. The fraction of sp³-hybridized carbons (Fsp3) is 0.524. The fourth-order valence-corrected chi connectivity index (χ4v) is 4.52. The largest absolute Gasteiger partial charge is 0.494 e. The quantitative estimate of drug-likeness (QED) is 0.708. The molecule has 2 heterocycles. The Morgan fingerprint density at radius 3 is 2.79 bits per heavy atom. The first-order valence-electron chi connectivity index (χ1n) is 10.0. The van der Waals surface area contributed by atoms with Crippen LogP contribution in [0.15, 0.2) is 41.4 Å². The summed E-state index contributed by atoms with van der Waals surface area (Å²) in [5.41, 5.74) is 1.14. The minimum atomic E-state index is -3.21. The van der Waals surface area contributed by atoms with Crippen LogP contribution in [0.5, 0.6) is 5.75 Å². The lowest BCUT2D eigenvalue weighted by molar-refractivity contribution is 0.300. The van der Waals surface area contributed by atoms with Crippen molar-refractivity contribution in [1.29, 1.82) is 0 Å². The highest BCUT2D eigenvalue weighted by molar-refractivity contribution is 7.90. The average Bonchev–Trinajstić information content (AvgIpc) is 3.48. The maximum Gasteiger partial charge on any atom is 0.225 e. The van der Waals surface area contributed by atoms with Crippen LogP contribution in [-0.4, -0.2) is 44.3 Å². The summed E-state index contributed by atoms with van der Waals surface area (Å²) in [6, 6.07) is 8.74. The molecule has 7 heteroatoms. The zero-order chi connectivity index (χ0) is 19.6. The van der Waals surface area contributed by atoms with Crippen molar-refractivity contribution in [1.82, 2.24) is 9.97 Å². The molecule has 1 aliphatic carbocycles. The van der Waals surface area contributed by atoms with Crippen molar-refractivity contribution in [3.05, 3.63) is 42.2 Å². The molecule has 2 aliphatic rings. The van der Waals surface area contributed by atoms with Gasteiger partial charge in [-0.25, -0.2) is 18.4 Å². The number of hydrogen-bond acceptors (Lipinski definition) is 6. The van der Waals surface area contributed by atoms with Crippen LogP contribution in [0.4, 0.5) is 5.95 Å². The third-order valence-corrected chi connectivity index (χ3v) is 6.71. The summed E-state index contributed by atoms with van der Waals surface area (Å²) in [7, 11) is -3.21. The molecule has 1 aliphatic heterocycles. The third kappa shape index (κ3) is 4.63. The highest BCUT2D eigenvalue weighted by atomic mass is 32.2. The predicted octanol–water partition coefficient (Wildman–Crippen LogP) is 3.44. The molecule has 0 bridgehead atoms. The van der Waals surface area contributed by atoms with Gasteiger partial charge in [-0.05, 0) is 62.3 Å². The Hall–Kier alpha value is -2.15. The van der Waals surface area contributed by atoms with E-state index in [2.05, 4.69) is 9.88 Å². The second-order valence-corrected chi connectivity index (χ2v) is 9.83. The number of hydrogen-bond donors (Lipinski definition) is 0. The van der Waals surface area contributed by atoms with Crippen molar-refractivity contribution in [2.45, 2.75) is 42.9 Å². The summed E-state index contributed by atoms with van der Waals surface area (Å²) in [6.45, 7) is 2.69. The van der Waals surface area contributed by atoms with Crippen LogP contribution in [-0.2, 0) is 9.84 Å². The van der Waals surface area contributed by atoms with Crippen LogP contribution in [0, 0.1) is 5.92 Å².